The van der Waals surface area contributed by atoms with Crippen molar-refractivity contribution in [1.29, 1.82) is 0 Å². The van der Waals surface area contributed by atoms with E-state index in [2.05, 4.69) is 19.6 Å². The van der Waals surface area contributed by atoms with E-state index in [-0.39, 0.29) is 6.04 Å². The van der Waals surface area contributed by atoms with Crippen LogP contribution in [0.1, 0.15) is 19.8 Å². The minimum atomic E-state index is 0.200. The summed E-state index contributed by atoms with van der Waals surface area (Å²) in [6.07, 6.45) is 2.54. The first kappa shape index (κ1) is 7.16. The molecule has 52 valence electrons. The molecular weight excluding hydrogens is 130 g/mol. The SMILES string of the molecule is CC(=C1CC1)C(N)CS. The molecule has 0 aromatic rings. The predicted octanol–water partition coefficient (Wildman–Crippen LogP) is 1.35. The average Bonchev–Trinajstić information content (AvgIpc) is 2.66. The van der Waals surface area contributed by atoms with E-state index >= 15 is 0 Å². The van der Waals surface area contributed by atoms with Gasteiger partial charge in [-0.3, -0.25) is 0 Å². The predicted molar refractivity (Wildman–Crippen MR) is 43.8 cm³/mol. The third kappa shape index (κ3) is 1.73. The summed E-state index contributed by atoms with van der Waals surface area (Å²) in [5.74, 6) is 0.773. The van der Waals surface area contributed by atoms with E-state index in [9.17, 15) is 0 Å². The number of thiol groups is 1. The quantitative estimate of drug-likeness (QED) is 0.443. The number of nitrogens with two attached hydrogens (primary N) is 1. The van der Waals surface area contributed by atoms with Crippen molar-refractivity contribution >= 4 is 12.6 Å². The molecule has 9 heavy (non-hydrogen) atoms. The maximum absolute atomic E-state index is 5.72. The summed E-state index contributed by atoms with van der Waals surface area (Å²) in [6.45, 7) is 2.11. The van der Waals surface area contributed by atoms with Crippen LogP contribution in [-0.2, 0) is 0 Å². The van der Waals surface area contributed by atoms with Crippen LogP contribution in [0.4, 0.5) is 0 Å². The van der Waals surface area contributed by atoms with Gasteiger partial charge in [-0.25, -0.2) is 0 Å². The van der Waals surface area contributed by atoms with Gasteiger partial charge in [0.2, 0.25) is 0 Å². The molecule has 0 heterocycles. The molecule has 1 unspecified atom stereocenters. The molecular formula is C7H13NS. The molecule has 1 aliphatic rings. The fraction of sp³-hybridized carbons (Fsp3) is 0.714. The second kappa shape index (κ2) is 2.76. The Morgan fingerprint density at radius 3 is 2.67 bits per heavy atom. The molecule has 1 rings (SSSR count). The molecule has 0 radical (unpaired) electrons. The fourth-order valence-electron chi connectivity index (χ4n) is 0.856. The van der Waals surface area contributed by atoms with E-state index in [0.29, 0.717) is 0 Å². The summed E-state index contributed by atoms with van der Waals surface area (Å²) in [7, 11) is 0. The second-order valence-corrected chi connectivity index (χ2v) is 2.94. The van der Waals surface area contributed by atoms with E-state index in [4.69, 9.17) is 5.73 Å². The van der Waals surface area contributed by atoms with Crippen LogP contribution in [0.3, 0.4) is 0 Å². The van der Waals surface area contributed by atoms with Gasteiger partial charge in [0.05, 0.1) is 0 Å². The van der Waals surface area contributed by atoms with E-state index in [1.165, 1.54) is 18.4 Å². The zero-order chi connectivity index (χ0) is 6.85. The summed E-state index contributed by atoms with van der Waals surface area (Å²) in [5, 5.41) is 0. The van der Waals surface area contributed by atoms with Gasteiger partial charge in [0, 0.05) is 11.8 Å². The lowest BCUT2D eigenvalue weighted by Crippen LogP contribution is -2.23. The van der Waals surface area contributed by atoms with Crippen molar-refractivity contribution in [2.24, 2.45) is 5.73 Å². The molecule has 2 heteroatoms. The minimum absolute atomic E-state index is 0.200. The zero-order valence-electron chi connectivity index (χ0n) is 5.72. The van der Waals surface area contributed by atoms with Gasteiger partial charge in [0.15, 0.2) is 0 Å². The summed E-state index contributed by atoms with van der Waals surface area (Å²) in [4.78, 5) is 0. The zero-order valence-corrected chi connectivity index (χ0v) is 6.62. The minimum Gasteiger partial charge on any atom is -0.324 e. The van der Waals surface area contributed by atoms with Gasteiger partial charge >= 0.3 is 0 Å². The molecule has 0 aliphatic heterocycles. The van der Waals surface area contributed by atoms with Crippen LogP contribution >= 0.6 is 12.6 Å². The van der Waals surface area contributed by atoms with E-state index in [0.717, 1.165) is 5.75 Å². The molecule has 0 aromatic heterocycles. The van der Waals surface area contributed by atoms with Crippen LogP contribution < -0.4 is 5.73 Å². The molecule has 1 aliphatic carbocycles. The standard InChI is InChI=1S/C7H13NS/c1-5(6-2-3-6)7(8)4-9/h7,9H,2-4,8H2,1H3. The van der Waals surface area contributed by atoms with Crippen LogP contribution in [-0.4, -0.2) is 11.8 Å². The van der Waals surface area contributed by atoms with Gasteiger partial charge in [0.1, 0.15) is 0 Å². The highest BCUT2D eigenvalue weighted by atomic mass is 32.1. The lowest BCUT2D eigenvalue weighted by molar-refractivity contribution is 0.871. The Kier molecular flexibility index (Phi) is 2.19. The largest absolute Gasteiger partial charge is 0.324 e. The van der Waals surface area contributed by atoms with Crippen molar-refractivity contribution in [2.75, 3.05) is 5.75 Å². The number of hydrogen-bond donors (Lipinski definition) is 2. The summed E-state index contributed by atoms with van der Waals surface area (Å²) < 4.78 is 0. The van der Waals surface area contributed by atoms with Gasteiger partial charge in [-0.2, -0.15) is 12.6 Å². The average molecular weight is 143 g/mol. The van der Waals surface area contributed by atoms with Crippen LogP contribution in [0, 0.1) is 0 Å². The van der Waals surface area contributed by atoms with Gasteiger partial charge in [-0.15, -0.1) is 0 Å². The van der Waals surface area contributed by atoms with Crippen LogP contribution in [0.5, 0.6) is 0 Å². The molecule has 1 nitrogen and oxygen atoms in total. The number of rotatable bonds is 2. The van der Waals surface area contributed by atoms with Crippen molar-refractivity contribution < 1.29 is 0 Å². The topological polar surface area (TPSA) is 26.0 Å². The van der Waals surface area contributed by atoms with Crippen molar-refractivity contribution in [3.8, 4) is 0 Å². The molecule has 1 fully saturated rings. The number of allylic oxidation sites excluding steroid dienone is 1. The molecule has 0 bridgehead atoms. The van der Waals surface area contributed by atoms with Gasteiger partial charge < -0.3 is 5.73 Å². The molecule has 0 amide bonds. The first-order chi connectivity index (χ1) is 4.25. The van der Waals surface area contributed by atoms with Gasteiger partial charge in [0.25, 0.3) is 0 Å². The highest BCUT2D eigenvalue weighted by molar-refractivity contribution is 7.80. The molecule has 0 aromatic carbocycles. The Morgan fingerprint density at radius 2 is 2.33 bits per heavy atom. The first-order valence-corrected chi connectivity index (χ1v) is 3.94. The highest BCUT2D eigenvalue weighted by Gasteiger charge is 2.17. The smallest absolute Gasteiger partial charge is 0.0343 e. The van der Waals surface area contributed by atoms with Crippen molar-refractivity contribution in [3.63, 3.8) is 0 Å². The van der Waals surface area contributed by atoms with E-state index in [1.54, 1.807) is 5.57 Å². The Balaban J connectivity index is 2.50. The third-order valence-corrected chi connectivity index (χ3v) is 2.20. The lowest BCUT2D eigenvalue weighted by atomic mass is 10.1. The Labute approximate surface area is 61.7 Å². The number of hydrogen-bond acceptors (Lipinski definition) is 2. The molecule has 1 saturated carbocycles. The highest BCUT2D eigenvalue weighted by Crippen LogP contribution is 2.32. The van der Waals surface area contributed by atoms with Crippen LogP contribution in [0.2, 0.25) is 0 Å². The monoisotopic (exact) mass is 143 g/mol. The fourth-order valence-corrected chi connectivity index (χ4v) is 1.13. The Morgan fingerprint density at radius 1 is 1.78 bits per heavy atom. The van der Waals surface area contributed by atoms with Crippen LogP contribution in [0.15, 0.2) is 11.1 Å². The first-order valence-electron chi connectivity index (χ1n) is 3.30. The van der Waals surface area contributed by atoms with Gasteiger partial charge in [-0.05, 0) is 19.8 Å². The normalized spacial score (nSPS) is 19.7. The summed E-state index contributed by atoms with van der Waals surface area (Å²) in [5.41, 5.74) is 8.64. The summed E-state index contributed by atoms with van der Waals surface area (Å²) >= 11 is 4.12. The van der Waals surface area contributed by atoms with Crippen molar-refractivity contribution in [1.82, 2.24) is 0 Å². The van der Waals surface area contributed by atoms with Gasteiger partial charge in [-0.1, -0.05) is 11.1 Å². The lowest BCUT2D eigenvalue weighted by Gasteiger charge is -2.06. The van der Waals surface area contributed by atoms with Crippen molar-refractivity contribution in [2.45, 2.75) is 25.8 Å². The Bertz CT molecular complexity index is 134. The molecule has 0 saturated heterocycles. The molecule has 2 N–H and O–H groups in total. The van der Waals surface area contributed by atoms with E-state index < -0.39 is 0 Å². The van der Waals surface area contributed by atoms with Crippen molar-refractivity contribution in [3.05, 3.63) is 11.1 Å². The Hall–Kier alpha value is 0.0500. The van der Waals surface area contributed by atoms with E-state index in [1.807, 2.05) is 0 Å². The third-order valence-electron chi connectivity index (χ3n) is 1.81. The summed E-state index contributed by atoms with van der Waals surface area (Å²) in [6, 6.07) is 0.200. The van der Waals surface area contributed by atoms with Crippen LogP contribution in [0.25, 0.3) is 0 Å². The maximum atomic E-state index is 5.72. The maximum Gasteiger partial charge on any atom is 0.0343 e. The molecule has 1 atom stereocenters. The molecule has 0 spiro atoms. The second-order valence-electron chi connectivity index (χ2n) is 2.58.